The molecular weight excluding hydrogens is 405 g/mol. The van der Waals surface area contributed by atoms with Crippen LogP contribution in [0, 0.1) is 5.82 Å². The van der Waals surface area contributed by atoms with E-state index in [0.29, 0.717) is 21.6 Å². The summed E-state index contributed by atoms with van der Waals surface area (Å²) >= 11 is 7.25. The van der Waals surface area contributed by atoms with Crippen LogP contribution in [0.3, 0.4) is 0 Å². The number of hydrogen-bond acceptors (Lipinski definition) is 5. The van der Waals surface area contributed by atoms with Gasteiger partial charge in [-0.3, -0.25) is 14.5 Å². The first-order valence-electron chi connectivity index (χ1n) is 8.30. The van der Waals surface area contributed by atoms with Crippen molar-refractivity contribution in [2.24, 2.45) is 4.99 Å². The van der Waals surface area contributed by atoms with Crippen LogP contribution in [0.4, 0.5) is 15.8 Å². The predicted molar refractivity (Wildman–Crippen MR) is 109 cm³/mol. The topological polar surface area (TPSA) is 71.0 Å². The number of carbonyl (C=O) groups is 2. The van der Waals surface area contributed by atoms with E-state index in [1.807, 2.05) is 0 Å². The number of nitrogens with one attached hydrogen (secondary N) is 1. The molecule has 1 heterocycles. The van der Waals surface area contributed by atoms with Gasteiger partial charge in [0.2, 0.25) is 11.8 Å². The molecule has 1 aliphatic rings. The first kappa shape index (κ1) is 20.2. The smallest absolute Gasteiger partial charge is 0.238 e. The Hall–Kier alpha value is -2.58. The average Bonchev–Trinajstić information content (AvgIpc) is 2.67. The summed E-state index contributed by atoms with van der Waals surface area (Å²) in [5.74, 6) is -0.752. The van der Waals surface area contributed by atoms with Crippen LogP contribution in [-0.4, -0.2) is 41.3 Å². The Labute approximate surface area is 170 Å². The minimum atomic E-state index is -0.726. The Bertz CT molecular complexity index is 954. The molecule has 1 saturated heterocycles. The molecule has 0 bridgehead atoms. The van der Waals surface area contributed by atoms with Gasteiger partial charge in [-0.05, 0) is 30.3 Å². The minimum absolute atomic E-state index is 0.0101. The minimum Gasteiger partial charge on any atom is -0.495 e. The normalized spacial score (nSPS) is 18.3. The molecule has 2 aromatic carbocycles. The molecule has 1 N–H and O–H groups in total. The molecule has 1 unspecified atom stereocenters. The lowest BCUT2D eigenvalue weighted by Gasteiger charge is -2.28. The second-order valence-corrected chi connectivity index (χ2v) is 7.52. The molecule has 1 fully saturated rings. The van der Waals surface area contributed by atoms with Crippen molar-refractivity contribution in [3.8, 4) is 5.75 Å². The second-order valence-electron chi connectivity index (χ2n) is 5.95. The highest BCUT2D eigenvalue weighted by atomic mass is 35.5. The molecule has 2 amide bonds. The number of thioether (sulfide) groups is 1. The van der Waals surface area contributed by atoms with Gasteiger partial charge in [-0.2, -0.15) is 0 Å². The van der Waals surface area contributed by atoms with Gasteiger partial charge in [0.15, 0.2) is 5.17 Å². The summed E-state index contributed by atoms with van der Waals surface area (Å²) in [6, 6.07) is 10.8. The lowest BCUT2D eigenvalue weighted by molar-refractivity contribution is -0.128. The van der Waals surface area contributed by atoms with Crippen molar-refractivity contribution in [3.63, 3.8) is 0 Å². The van der Waals surface area contributed by atoms with Crippen LogP contribution >= 0.6 is 23.4 Å². The number of nitrogens with zero attached hydrogens (tertiary/aromatic N) is 2. The quantitative estimate of drug-likeness (QED) is 0.807. The number of benzene rings is 2. The highest BCUT2D eigenvalue weighted by molar-refractivity contribution is 8.15. The second kappa shape index (κ2) is 8.62. The molecular formula is C19H17ClFN3O3S. The lowest BCUT2D eigenvalue weighted by Crippen LogP contribution is -2.43. The van der Waals surface area contributed by atoms with Gasteiger partial charge >= 0.3 is 0 Å². The molecule has 9 heteroatoms. The van der Waals surface area contributed by atoms with Crippen LogP contribution in [0.2, 0.25) is 5.02 Å². The fourth-order valence-electron chi connectivity index (χ4n) is 2.51. The van der Waals surface area contributed by atoms with E-state index in [1.165, 1.54) is 30.2 Å². The SMILES string of the molecule is COc1ccc(N=C2SC(C(=O)Nc3ccccc3F)CC(=O)N2C)cc1Cl. The van der Waals surface area contributed by atoms with Crippen molar-refractivity contribution >= 4 is 51.7 Å². The van der Waals surface area contributed by atoms with Crippen LogP contribution in [0.1, 0.15) is 6.42 Å². The summed E-state index contributed by atoms with van der Waals surface area (Å²) in [5.41, 5.74) is 0.586. The maximum absolute atomic E-state index is 13.8. The Kier molecular flexibility index (Phi) is 6.21. The molecule has 1 atom stereocenters. The molecule has 6 nitrogen and oxygen atoms in total. The van der Waals surface area contributed by atoms with E-state index in [1.54, 1.807) is 31.3 Å². The molecule has 2 aromatic rings. The summed E-state index contributed by atoms with van der Waals surface area (Å²) in [7, 11) is 3.10. The van der Waals surface area contributed by atoms with Crippen molar-refractivity contribution < 1.29 is 18.7 Å². The number of hydrogen-bond donors (Lipinski definition) is 1. The fourth-order valence-corrected chi connectivity index (χ4v) is 3.83. The number of halogens is 2. The summed E-state index contributed by atoms with van der Waals surface area (Å²) in [4.78, 5) is 30.7. The Morgan fingerprint density at radius 3 is 2.79 bits per heavy atom. The molecule has 28 heavy (non-hydrogen) atoms. The zero-order valence-corrected chi connectivity index (χ0v) is 16.7. The largest absolute Gasteiger partial charge is 0.495 e. The van der Waals surface area contributed by atoms with Gasteiger partial charge in [0, 0.05) is 13.5 Å². The molecule has 0 radical (unpaired) electrons. The molecule has 0 saturated carbocycles. The van der Waals surface area contributed by atoms with Gasteiger partial charge in [-0.25, -0.2) is 9.38 Å². The molecule has 0 spiro atoms. The number of methoxy groups -OCH3 is 1. The van der Waals surface area contributed by atoms with Crippen LogP contribution in [-0.2, 0) is 9.59 Å². The Balaban J connectivity index is 1.81. The average molecular weight is 422 g/mol. The number of aliphatic imine (C=N–C) groups is 1. The maximum Gasteiger partial charge on any atom is 0.238 e. The van der Waals surface area contributed by atoms with Gasteiger partial charge in [0.1, 0.15) is 16.8 Å². The van der Waals surface area contributed by atoms with Crippen molar-refractivity contribution in [2.75, 3.05) is 19.5 Å². The number of amidine groups is 1. The third-order valence-corrected chi connectivity index (χ3v) is 5.59. The highest BCUT2D eigenvalue weighted by Crippen LogP contribution is 2.32. The standard InChI is InChI=1S/C19H17ClFN3O3S/c1-24-17(25)10-16(18(26)23-14-6-4-3-5-13(14)21)28-19(24)22-11-7-8-15(27-2)12(20)9-11/h3-9,16H,10H2,1-2H3,(H,23,26). The van der Waals surface area contributed by atoms with Gasteiger partial charge in [-0.15, -0.1) is 0 Å². The van der Waals surface area contributed by atoms with Crippen LogP contribution in [0.5, 0.6) is 5.75 Å². The summed E-state index contributed by atoms with van der Waals surface area (Å²) in [6.45, 7) is 0. The number of amides is 2. The van der Waals surface area contributed by atoms with Crippen molar-refractivity contribution in [1.82, 2.24) is 4.90 Å². The van der Waals surface area contributed by atoms with E-state index in [4.69, 9.17) is 16.3 Å². The van der Waals surface area contributed by atoms with Crippen LogP contribution in [0.25, 0.3) is 0 Å². The number of para-hydroxylation sites is 1. The van der Waals surface area contributed by atoms with Gasteiger partial charge < -0.3 is 10.1 Å². The molecule has 0 aliphatic carbocycles. The van der Waals surface area contributed by atoms with Crippen LogP contribution in [0.15, 0.2) is 47.5 Å². The number of ether oxygens (including phenoxy) is 1. The number of carbonyl (C=O) groups excluding carboxylic acids is 2. The first-order chi connectivity index (χ1) is 13.4. The van der Waals surface area contributed by atoms with E-state index >= 15 is 0 Å². The molecule has 1 aliphatic heterocycles. The first-order valence-corrected chi connectivity index (χ1v) is 9.55. The summed E-state index contributed by atoms with van der Waals surface area (Å²) in [6.07, 6.45) is -0.0101. The summed E-state index contributed by atoms with van der Waals surface area (Å²) in [5, 5.41) is 2.53. The monoisotopic (exact) mass is 421 g/mol. The third kappa shape index (κ3) is 4.45. The highest BCUT2D eigenvalue weighted by Gasteiger charge is 2.34. The summed E-state index contributed by atoms with van der Waals surface area (Å²) < 4.78 is 18.9. The predicted octanol–water partition coefficient (Wildman–Crippen LogP) is 4.08. The lowest BCUT2D eigenvalue weighted by atomic mass is 10.2. The third-order valence-electron chi connectivity index (χ3n) is 4.05. The molecule has 3 rings (SSSR count). The zero-order valence-electron chi connectivity index (χ0n) is 15.1. The van der Waals surface area contributed by atoms with Gasteiger partial charge in [-0.1, -0.05) is 35.5 Å². The van der Waals surface area contributed by atoms with Crippen molar-refractivity contribution in [3.05, 3.63) is 53.3 Å². The Morgan fingerprint density at radius 1 is 1.36 bits per heavy atom. The number of anilines is 1. The Morgan fingerprint density at radius 2 is 2.11 bits per heavy atom. The van der Waals surface area contributed by atoms with Gasteiger partial charge in [0.05, 0.1) is 23.5 Å². The van der Waals surface area contributed by atoms with Gasteiger partial charge in [0.25, 0.3) is 0 Å². The van der Waals surface area contributed by atoms with E-state index in [0.717, 1.165) is 11.8 Å². The number of rotatable bonds is 4. The maximum atomic E-state index is 13.8. The van der Waals surface area contributed by atoms with E-state index in [9.17, 15) is 14.0 Å². The van der Waals surface area contributed by atoms with E-state index < -0.39 is 17.0 Å². The fraction of sp³-hybridized carbons (Fsp3) is 0.211. The van der Waals surface area contributed by atoms with Crippen LogP contribution < -0.4 is 10.1 Å². The van der Waals surface area contributed by atoms with E-state index in [2.05, 4.69) is 10.3 Å². The molecule has 146 valence electrons. The van der Waals surface area contributed by atoms with E-state index in [-0.39, 0.29) is 18.0 Å². The molecule has 0 aromatic heterocycles. The van der Waals surface area contributed by atoms with Crippen molar-refractivity contribution in [2.45, 2.75) is 11.7 Å². The zero-order chi connectivity index (χ0) is 20.3. The van der Waals surface area contributed by atoms with Crippen molar-refractivity contribution in [1.29, 1.82) is 0 Å².